The number of aromatic nitrogens is 2. The number of hydrogen-bond donors (Lipinski definition) is 2. The Morgan fingerprint density at radius 3 is 2.50 bits per heavy atom. The van der Waals surface area contributed by atoms with E-state index in [1.54, 1.807) is 18.2 Å². The molecule has 4 nitrogen and oxygen atoms in total. The SMILES string of the molecule is NC(=S)c1cnc(Nc2ccc(Cl)c(Cl)c2)cn1. The van der Waals surface area contributed by atoms with Crippen molar-refractivity contribution in [2.24, 2.45) is 5.73 Å². The quantitative estimate of drug-likeness (QED) is 0.852. The number of rotatable bonds is 3. The maximum atomic E-state index is 5.91. The standard InChI is InChI=1S/C11H8Cl2N4S/c12-7-2-1-6(3-8(7)13)17-10-5-15-9(4-16-10)11(14)18/h1-5H,(H2,14,18)(H,16,17). The molecule has 0 spiro atoms. The van der Waals surface area contributed by atoms with Crippen LogP contribution in [0.3, 0.4) is 0 Å². The van der Waals surface area contributed by atoms with Crippen molar-refractivity contribution in [3.63, 3.8) is 0 Å². The van der Waals surface area contributed by atoms with E-state index in [0.717, 1.165) is 5.69 Å². The summed E-state index contributed by atoms with van der Waals surface area (Å²) in [7, 11) is 0. The first kappa shape index (κ1) is 13.0. The first-order valence-electron chi connectivity index (χ1n) is 4.90. The second kappa shape index (κ2) is 5.48. The molecule has 92 valence electrons. The molecule has 0 aliphatic heterocycles. The summed E-state index contributed by atoms with van der Waals surface area (Å²) < 4.78 is 0. The van der Waals surface area contributed by atoms with Gasteiger partial charge in [-0.25, -0.2) is 9.97 Å². The Morgan fingerprint density at radius 2 is 1.94 bits per heavy atom. The molecule has 7 heteroatoms. The molecule has 0 aliphatic carbocycles. The van der Waals surface area contributed by atoms with Gasteiger partial charge in [-0.2, -0.15) is 0 Å². The Labute approximate surface area is 119 Å². The molecule has 0 saturated carbocycles. The summed E-state index contributed by atoms with van der Waals surface area (Å²) in [6.45, 7) is 0. The number of halogens is 2. The minimum atomic E-state index is 0.212. The van der Waals surface area contributed by atoms with Crippen LogP contribution < -0.4 is 11.1 Å². The topological polar surface area (TPSA) is 63.8 Å². The molecular formula is C11H8Cl2N4S. The molecule has 0 radical (unpaired) electrons. The first-order chi connectivity index (χ1) is 8.56. The van der Waals surface area contributed by atoms with E-state index in [4.69, 9.17) is 41.2 Å². The van der Waals surface area contributed by atoms with Crippen LogP contribution >= 0.6 is 35.4 Å². The fourth-order valence-corrected chi connectivity index (χ4v) is 1.65. The molecule has 1 aromatic carbocycles. The summed E-state index contributed by atoms with van der Waals surface area (Å²) in [5.41, 5.74) is 6.67. The summed E-state index contributed by atoms with van der Waals surface area (Å²) in [4.78, 5) is 8.41. The van der Waals surface area contributed by atoms with Gasteiger partial charge in [0, 0.05) is 5.69 Å². The highest BCUT2D eigenvalue weighted by Gasteiger charge is 2.02. The molecule has 2 rings (SSSR count). The Kier molecular flexibility index (Phi) is 3.96. The van der Waals surface area contributed by atoms with E-state index in [0.29, 0.717) is 21.6 Å². The largest absolute Gasteiger partial charge is 0.388 e. The van der Waals surface area contributed by atoms with E-state index >= 15 is 0 Å². The van der Waals surface area contributed by atoms with Crippen LogP contribution in [0.25, 0.3) is 0 Å². The highest BCUT2D eigenvalue weighted by molar-refractivity contribution is 7.80. The average molecular weight is 299 g/mol. The number of anilines is 2. The van der Waals surface area contributed by atoms with Gasteiger partial charge >= 0.3 is 0 Å². The minimum absolute atomic E-state index is 0.212. The molecular weight excluding hydrogens is 291 g/mol. The summed E-state index contributed by atoms with van der Waals surface area (Å²) in [5, 5.41) is 4.00. The lowest BCUT2D eigenvalue weighted by Crippen LogP contribution is -2.12. The van der Waals surface area contributed by atoms with E-state index in [-0.39, 0.29) is 4.99 Å². The number of benzene rings is 1. The molecule has 0 saturated heterocycles. The summed E-state index contributed by atoms with van der Waals surface area (Å²) >= 11 is 16.5. The molecule has 0 aliphatic rings. The van der Waals surface area contributed by atoms with E-state index in [1.807, 2.05) is 0 Å². The van der Waals surface area contributed by atoms with Crippen molar-refractivity contribution in [3.8, 4) is 0 Å². The Morgan fingerprint density at radius 1 is 1.17 bits per heavy atom. The van der Waals surface area contributed by atoms with Crippen molar-refractivity contribution in [1.29, 1.82) is 0 Å². The van der Waals surface area contributed by atoms with Gasteiger partial charge < -0.3 is 11.1 Å². The molecule has 0 fully saturated rings. The molecule has 0 amide bonds. The van der Waals surface area contributed by atoms with Crippen LogP contribution in [-0.2, 0) is 0 Å². The van der Waals surface area contributed by atoms with Crippen LogP contribution in [0.5, 0.6) is 0 Å². The normalized spacial score (nSPS) is 10.1. The first-order valence-corrected chi connectivity index (χ1v) is 6.06. The van der Waals surface area contributed by atoms with Crippen LogP contribution in [0.2, 0.25) is 10.0 Å². The van der Waals surface area contributed by atoms with Gasteiger partial charge in [0.05, 0.1) is 22.4 Å². The van der Waals surface area contributed by atoms with Crippen molar-refractivity contribution < 1.29 is 0 Å². The van der Waals surface area contributed by atoms with Crippen molar-refractivity contribution >= 4 is 51.9 Å². The van der Waals surface area contributed by atoms with Gasteiger partial charge in [0.25, 0.3) is 0 Å². The van der Waals surface area contributed by atoms with Crippen LogP contribution in [0.4, 0.5) is 11.5 Å². The minimum Gasteiger partial charge on any atom is -0.388 e. The van der Waals surface area contributed by atoms with Crippen molar-refractivity contribution in [2.75, 3.05) is 5.32 Å². The number of nitrogens with two attached hydrogens (primary N) is 1. The molecule has 0 bridgehead atoms. The zero-order chi connectivity index (χ0) is 13.1. The predicted octanol–water partition coefficient (Wildman–Crippen LogP) is 3.16. The van der Waals surface area contributed by atoms with E-state index in [2.05, 4.69) is 15.3 Å². The molecule has 1 heterocycles. The van der Waals surface area contributed by atoms with Gasteiger partial charge in [-0.1, -0.05) is 35.4 Å². The summed E-state index contributed by atoms with van der Waals surface area (Å²) in [6.07, 6.45) is 3.04. The zero-order valence-electron chi connectivity index (χ0n) is 9.02. The van der Waals surface area contributed by atoms with E-state index in [9.17, 15) is 0 Å². The molecule has 0 atom stereocenters. The number of hydrogen-bond acceptors (Lipinski definition) is 4. The Balaban J connectivity index is 2.18. The molecule has 3 N–H and O–H groups in total. The molecule has 1 aromatic heterocycles. The number of nitrogens with one attached hydrogen (secondary N) is 1. The third kappa shape index (κ3) is 3.07. The van der Waals surface area contributed by atoms with Crippen LogP contribution in [0.15, 0.2) is 30.6 Å². The monoisotopic (exact) mass is 298 g/mol. The Hall–Kier alpha value is -1.43. The number of nitrogens with zero attached hydrogens (tertiary/aromatic N) is 2. The maximum absolute atomic E-state index is 5.91. The lowest BCUT2D eigenvalue weighted by atomic mass is 10.3. The van der Waals surface area contributed by atoms with Crippen molar-refractivity contribution in [1.82, 2.24) is 9.97 Å². The smallest absolute Gasteiger partial charge is 0.148 e. The van der Waals surface area contributed by atoms with Gasteiger partial charge in [0.15, 0.2) is 0 Å². The molecule has 2 aromatic rings. The van der Waals surface area contributed by atoms with Crippen LogP contribution in [0, 0.1) is 0 Å². The third-order valence-corrected chi connectivity index (χ3v) is 3.04. The predicted molar refractivity (Wildman–Crippen MR) is 77.7 cm³/mol. The van der Waals surface area contributed by atoms with Crippen molar-refractivity contribution in [3.05, 3.63) is 46.3 Å². The molecule has 18 heavy (non-hydrogen) atoms. The highest BCUT2D eigenvalue weighted by Crippen LogP contribution is 2.26. The molecule has 0 unspecified atom stereocenters. The van der Waals surface area contributed by atoms with Crippen LogP contribution in [-0.4, -0.2) is 15.0 Å². The van der Waals surface area contributed by atoms with Gasteiger partial charge in [0.1, 0.15) is 16.5 Å². The van der Waals surface area contributed by atoms with Gasteiger partial charge in [-0.3, -0.25) is 0 Å². The third-order valence-electron chi connectivity index (χ3n) is 2.10. The van der Waals surface area contributed by atoms with Gasteiger partial charge in [0.2, 0.25) is 0 Å². The van der Waals surface area contributed by atoms with E-state index in [1.165, 1.54) is 12.4 Å². The van der Waals surface area contributed by atoms with Crippen molar-refractivity contribution in [2.45, 2.75) is 0 Å². The fraction of sp³-hybridized carbons (Fsp3) is 0. The highest BCUT2D eigenvalue weighted by atomic mass is 35.5. The number of thiocarbonyl (C=S) groups is 1. The lowest BCUT2D eigenvalue weighted by molar-refractivity contribution is 1.18. The van der Waals surface area contributed by atoms with Crippen LogP contribution in [0.1, 0.15) is 5.69 Å². The summed E-state index contributed by atoms with van der Waals surface area (Å²) in [6, 6.07) is 5.19. The van der Waals surface area contributed by atoms with Gasteiger partial charge in [-0.05, 0) is 18.2 Å². The summed E-state index contributed by atoms with van der Waals surface area (Å²) in [5.74, 6) is 0.563. The zero-order valence-corrected chi connectivity index (χ0v) is 11.4. The second-order valence-electron chi connectivity index (χ2n) is 3.41. The van der Waals surface area contributed by atoms with Gasteiger partial charge in [-0.15, -0.1) is 0 Å². The van der Waals surface area contributed by atoms with E-state index < -0.39 is 0 Å². The Bertz CT molecular complexity index is 586. The average Bonchev–Trinajstić information content (AvgIpc) is 2.34. The fourth-order valence-electron chi connectivity index (χ4n) is 1.24. The second-order valence-corrected chi connectivity index (χ2v) is 4.66. The maximum Gasteiger partial charge on any atom is 0.148 e. The lowest BCUT2D eigenvalue weighted by Gasteiger charge is -2.06.